The Hall–Kier alpha value is -1.49. The number of rotatable bonds is 7. The summed E-state index contributed by atoms with van der Waals surface area (Å²) in [6.07, 6.45) is -1.64. The molecule has 1 aromatic rings. The summed E-state index contributed by atoms with van der Waals surface area (Å²) in [5, 5.41) is 3.06. The topological polar surface area (TPSA) is 38.3 Å². The lowest BCUT2D eigenvalue weighted by atomic mass is 10.0. The van der Waals surface area contributed by atoms with Crippen molar-refractivity contribution < 1.29 is 18.3 Å². The lowest BCUT2D eigenvalue weighted by Gasteiger charge is -2.17. The molecule has 1 unspecified atom stereocenters. The van der Waals surface area contributed by atoms with E-state index in [2.05, 4.69) is 5.32 Å². The SMILES string of the molecule is CCCNC(C(=O)OCC)c1ccc(C(F)F)cc1. The molecule has 0 bridgehead atoms. The molecule has 1 aromatic carbocycles. The van der Waals surface area contributed by atoms with Crippen LogP contribution in [0.3, 0.4) is 0 Å². The molecule has 5 heteroatoms. The Balaban J connectivity index is 2.86. The van der Waals surface area contributed by atoms with E-state index >= 15 is 0 Å². The molecular weight excluding hydrogens is 252 g/mol. The van der Waals surface area contributed by atoms with Crippen LogP contribution in [0.25, 0.3) is 0 Å². The van der Waals surface area contributed by atoms with Gasteiger partial charge in [0.2, 0.25) is 0 Å². The normalized spacial score (nSPS) is 12.5. The van der Waals surface area contributed by atoms with Gasteiger partial charge in [-0.25, -0.2) is 13.6 Å². The number of alkyl halides is 2. The summed E-state index contributed by atoms with van der Waals surface area (Å²) in [4.78, 5) is 11.8. The molecule has 0 aliphatic carbocycles. The van der Waals surface area contributed by atoms with Gasteiger partial charge in [-0.1, -0.05) is 31.2 Å². The fraction of sp³-hybridized carbons (Fsp3) is 0.500. The van der Waals surface area contributed by atoms with Crippen molar-refractivity contribution in [1.29, 1.82) is 0 Å². The third-order valence-corrected chi connectivity index (χ3v) is 2.64. The number of halogens is 2. The molecule has 0 saturated heterocycles. The van der Waals surface area contributed by atoms with E-state index < -0.39 is 12.5 Å². The molecule has 0 spiro atoms. The van der Waals surface area contributed by atoms with Gasteiger partial charge >= 0.3 is 5.97 Å². The zero-order valence-corrected chi connectivity index (χ0v) is 11.2. The molecule has 1 N–H and O–H groups in total. The van der Waals surface area contributed by atoms with Gasteiger partial charge in [0.15, 0.2) is 0 Å². The van der Waals surface area contributed by atoms with E-state index in [4.69, 9.17) is 4.74 Å². The standard InChI is InChI=1S/C14H19F2NO2/c1-3-9-17-12(14(18)19-4-2)10-5-7-11(8-6-10)13(15)16/h5-8,12-13,17H,3-4,9H2,1-2H3. The first-order valence-corrected chi connectivity index (χ1v) is 6.38. The van der Waals surface area contributed by atoms with Gasteiger partial charge in [0.05, 0.1) is 6.61 Å². The first-order valence-electron chi connectivity index (χ1n) is 6.38. The van der Waals surface area contributed by atoms with Crippen LogP contribution < -0.4 is 5.32 Å². The lowest BCUT2D eigenvalue weighted by Crippen LogP contribution is -2.30. The van der Waals surface area contributed by atoms with E-state index in [1.165, 1.54) is 24.3 Å². The lowest BCUT2D eigenvalue weighted by molar-refractivity contribution is -0.145. The molecule has 0 heterocycles. The Morgan fingerprint density at radius 1 is 1.21 bits per heavy atom. The molecule has 0 aromatic heterocycles. The maximum atomic E-state index is 12.5. The van der Waals surface area contributed by atoms with Gasteiger partial charge < -0.3 is 10.1 Å². The van der Waals surface area contributed by atoms with Crippen molar-refractivity contribution in [2.75, 3.05) is 13.2 Å². The van der Waals surface area contributed by atoms with E-state index in [-0.39, 0.29) is 18.1 Å². The van der Waals surface area contributed by atoms with Crippen LogP contribution in [-0.4, -0.2) is 19.1 Å². The Kier molecular flexibility index (Phi) is 6.42. The predicted molar refractivity (Wildman–Crippen MR) is 69.1 cm³/mol. The second-order valence-corrected chi connectivity index (χ2v) is 4.11. The van der Waals surface area contributed by atoms with Gasteiger partial charge in [-0.3, -0.25) is 0 Å². The first kappa shape index (κ1) is 15.6. The molecule has 0 saturated carbocycles. The number of esters is 1. The van der Waals surface area contributed by atoms with Crippen molar-refractivity contribution in [3.05, 3.63) is 35.4 Å². The number of hydrogen-bond acceptors (Lipinski definition) is 3. The minimum Gasteiger partial charge on any atom is -0.465 e. The quantitative estimate of drug-likeness (QED) is 0.774. The summed E-state index contributed by atoms with van der Waals surface area (Å²) in [5.41, 5.74) is 0.582. The van der Waals surface area contributed by atoms with Gasteiger partial charge in [0.25, 0.3) is 6.43 Å². The van der Waals surface area contributed by atoms with E-state index in [0.717, 1.165) is 6.42 Å². The number of carbonyl (C=O) groups excluding carboxylic acids is 1. The van der Waals surface area contributed by atoms with Crippen molar-refractivity contribution >= 4 is 5.97 Å². The summed E-state index contributed by atoms with van der Waals surface area (Å²) in [7, 11) is 0. The summed E-state index contributed by atoms with van der Waals surface area (Å²) < 4.78 is 29.9. The summed E-state index contributed by atoms with van der Waals surface area (Å²) in [5.74, 6) is -0.388. The average Bonchev–Trinajstić information content (AvgIpc) is 2.40. The smallest absolute Gasteiger partial charge is 0.327 e. The number of benzene rings is 1. The first-order chi connectivity index (χ1) is 9.10. The molecule has 0 aliphatic heterocycles. The van der Waals surface area contributed by atoms with Crippen molar-refractivity contribution in [3.63, 3.8) is 0 Å². The van der Waals surface area contributed by atoms with Crippen molar-refractivity contribution in [2.45, 2.75) is 32.7 Å². The summed E-state index contributed by atoms with van der Waals surface area (Å²) >= 11 is 0. The highest BCUT2D eigenvalue weighted by atomic mass is 19.3. The number of nitrogens with one attached hydrogen (secondary N) is 1. The Labute approximate surface area is 112 Å². The molecule has 19 heavy (non-hydrogen) atoms. The van der Waals surface area contributed by atoms with E-state index in [1.54, 1.807) is 6.92 Å². The minimum atomic E-state index is -2.50. The zero-order valence-electron chi connectivity index (χ0n) is 11.2. The minimum absolute atomic E-state index is 0.0538. The molecule has 0 fully saturated rings. The van der Waals surface area contributed by atoms with Crippen molar-refractivity contribution in [1.82, 2.24) is 5.32 Å². The van der Waals surface area contributed by atoms with Gasteiger partial charge in [-0.05, 0) is 25.5 Å². The largest absolute Gasteiger partial charge is 0.465 e. The highest BCUT2D eigenvalue weighted by molar-refractivity contribution is 5.77. The van der Waals surface area contributed by atoms with Crippen LogP contribution >= 0.6 is 0 Å². The Bertz CT molecular complexity index is 393. The highest BCUT2D eigenvalue weighted by Gasteiger charge is 2.21. The van der Waals surface area contributed by atoms with Gasteiger partial charge in [0.1, 0.15) is 6.04 Å². The van der Waals surface area contributed by atoms with Crippen LogP contribution in [0, 0.1) is 0 Å². The maximum absolute atomic E-state index is 12.5. The average molecular weight is 271 g/mol. The summed E-state index contributed by atoms with van der Waals surface area (Å²) in [6, 6.07) is 5.13. The van der Waals surface area contributed by atoms with Crippen LogP contribution in [0.1, 0.15) is 43.9 Å². The van der Waals surface area contributed by atoms with E-state index in [1.807, 2.05) is 6.92 Å². The zero-order chi connectivity index (χ0) is 14.3. The third-order valence-electron chi connectivity index (χ3n) is 2.64. The van der Waals surface area contributed by atoms with Crippen LogP contribution in [0.15, 0.2) is 24.3 Å². The number of ether oxygens (including phenoxy) is 1. The molecule has 0 amide bonds. The summed E-state index contributed by atoms with van der Waals surface area (Å²) in [6.45, 7) is 4.65. The Morgan fingerprint density at radius 2 is 1.79 bits per heavy atom. The molecule has 1 atom stereocenters. The fourth-order valence-corrected chi connectivity index (χ4v) is 1.69. The molecule has 106 valence electrons. The molecule has 0 radical (unpaired) electrons. The Morgan fingerprint density at radius 3 is 2.26 bits per heavy atom. The number of hydrogen-bond donors (Lipinski definition) is 1. The monoisotopic (exact) mass is 271 g/mol. The van der Waals surface area contributed by atoms with Gasteiger partial charge in [-0.15, -0.1) is 0 Å². The van der Waals surface area contributed by atoms with E-state index in [0.29, 0.717) is 12.1 Å². The molecule has 0 aliphatic rings. The van der Waals surface area contributed by atoms with Gasteiger partial charge in [-0.2, -0.15) is 0 Å². The second-order valence-electron chi connectivity index (χ2n) is 4.11. The molecule has 1 rings (SSSR count). The van der Waals surface area contributed by atoms with Crippen molar-refractivity contribution in [2.24, 2.45) is 0 Å². The van der Waals surface area contributed by atoms with Crippen LogP contribution in [0.4, 0.5) is 8.78 Å². The molecule has 3 nitrogen and oxygen atoms in total. The predicted octanol–water partition coefficient (Wildman–Crippen LogP) is 3.23. The second kappa shape index (κ2) is 7.84. The number of carbonyl (C=O) groups is 1. The van der Waals surface area contributed by atoms with Crippen LogP contribution in [0.5, 0.6) is 0 Å². The van der Waals surface area contributed by atoms with Crippen molar-refractivity contribution in [3.8, 4) is 0 Å². The highest BCUT2D eigenvalue weighted by Crippen LogP contribution is 2.22. The van der Waals surface area contributed by atoms with Gasteiger partial charge in [0, 0.05) is 5.56 Å². The van der Waals surface area contributed by atoms with Crippen LogP contribution in [-0.2, 0) is 9.53 Å². The fourth-order valence-electron chi connectivity index (χ4n) is 1.69. The maximum Gasteiger partial charge on any atom is 0.327 e. The van der Waals surface area contributed by atoms with E-state index in [9.17, 15) is 13.6 Å². The third kappa shape index (κ3) is 4.59. The van der Waals surface area contributed by atoms with Crippen LogP contribution in [0.2, 0.25) is 0 Å². The molecular formula is C14H19F2NO2.